The number of hydrogen-bond donors (Lipinski definition) is 3. The molecule has 2 heterocycles. The summed E-state index contributed by atoms with van der Waals surface area (Å²) < 4.78 is 11.3. The maximum Gasteiger partial charge on any atom is 0.267 e. The standard InChI is InChI=1S/C18H23N3O4/c1-10-13(17(23)21-20-10)8-16(22)19-14-9-18(2,3)25-15-7-11(24-4)5-6-12(14)15/h5-7,14H,8-9H2,1-4H3,(H,19,22)(H2,20,21,23)/t14-/m0/s1. The molecule has 25 heavy (non-hydrogen) atoms. The Morgan fingerprint density at radius 3 is 2.80 bits per heavy atom. The zero-order valence-electron chi connectivity index (χ0n) is 14.9. The second kappa shape index (κ2) is 6.31. The van der Waals surface area contributed by atoms with Gasteiger partial charge in [-0.15, -0.1) is 0 Å². The molecule has 1 aromatic heterocycles. The first kappa shape index (κ1) is 17.1. The molecule has 0 fully saturated rings. The van der Waals surface area contributed by atoms with Gasteiger partial charge in [0.1, 0.15) is 17.1 Å². The van der Waals surface area contributed by atoms with Crippen molar-refractivity contribution < 1.29 is 14.3 Å². The first-order valence-corrected chi connectivity index (χ1v) is 8.21. The van der Waals surface area contributed by atoms with Crippen molar-refractivity contribution in [1.29, 1.82) is 0 Å². The monoisotopic (exact) mass is 345 g/mol. The second-order valence-corrected chi connectivity index (χ2v) is 6.95. The average Bonchev–Trinajstić information content (AvgIpc) is 2.85. The summed E-state index contributed by atoms with van der Waals surface area (Å²) >= 11 is 0. The molecule has 0 bridgehead atoms. The molecule has 0 spiro atoms. The minimum atomic E-state index is -0.418. The van der Waals surface area contributed by atoms with E-state index in [2.05, 4.69) is 15.5 Å². The number of amides is 1. The molecule has 0 unspecified atom stereocenters. The van der Waals surface area contributed by atoms with Crippen LogP contribution in [-0.2, 0) is 11.2 Å². The van der Waals surface area contributed by atoms with E-state index < -0.39 is 5.60 Å². The zero-order chi connectivity index (χ0) is 18.2. The van der Waals surface area contributed by atoms with Crippen molar-refractivity contribution in [1.82, 2.24) is 15.5 Å². The number of rotatable bonds is 4. The summed E-state index contributed by atoms with van der Waals surface area (Å²) in [4.78, 5) is 24.2. The van der Waals surface area contributed by atoms with Crippen LogP contribution in [0.1, 0.15) is 43.1 Å². The predicted octanol–water partition coefficient (Wildman–Crippen LogP) is 1.98. The van der Waals surface area contributed by atoms with E-state index in [1.165, 1.54) is 0 Å². The fraction of sp³-hybridized carbons (Fsp3) is 0.444. The highest BCUT2D eigenvalue weighted by molar-refractivity contribution is 5.79. The molecule has 1 aromatic carbocycles. The zero-order valence-corrected chi connectivity index (χ0v) is 14.9. The van der Waals surface area contributed by atoms with Gasteiger partial charge in [-0.25, -0.2) is 0 Å². The predicted molar refractivity (Wildman–Crippen MR) is 93.1 cm³/mol. The number of carbonyl (C=O) groups excluding carboxylic acids is 1. The van der Waals surface area contributed by atoms with Gasteiger partial charge in [-0.2, -0.15) is 0 Å². The highest BCUT2D eigenvalue weighted by atomic mass is 16.5. The van der Waals surface area contributed by atoms with Gasteiger partial charge < -0.3 is 19.9 Å². The van der Waals surface area contributed by atoms with E-state index in [0.717, 1.165) is 5.56 Å². The Morgan fingerprint density at radius 1 is 1.40 bits per heavy atom. The lowest BCUT2D eigenvalue weighted by Gasteiger charge is -2.38. The van der Waals surface area contributed by atoms with E-state index in [1.807, 2.05) is 32.0 Å². The number of carbonyl (C=O) groups is 1. The molecule has 3 N–H and O–H groups in total. The maximum atomic E-state index is 12.5. The first-order valence-electron chi connectivity index (χ1n) is 8.21. The molecular formula is C18H23N3O4. The molecule has 0 aliphatic carbocycles. The number of aromatic nitrogens is 2. The molecule has 0 radical (unpaired) electrons. The number of methoxy groups -OCH3 is 1. The van der Waals surface area contributed by atoms with Gasteiger partial charge in [-0.05, 0) is 32.9 Å². The number of aryl methyl sites for hydroxylation is 1. The largest absolute Gasteiger partial charge is 0.497 e. The number of aromatic amines is 2. The Hall–Kier alpha value is -2.70. The van der Waals surface area contributed by atoms with Crippen molar-refractivity contribution in [2.45, 2.75) is 45.3 Å². The molecule has 1 aliphatic heterocycles. The van der Waals surface area contributed by atoms with Crippen molar-refractivity contribution in [2.75, 3.05) is 7.11 Å². The lowest BCUT2D eigenvalue weighted by molar-refractivity contribution is -0.121. The summed E-state index contributed by atoms with van der Waals surface area (Å²) in [6.45, 7) is 5.73. The van der Waals surface area contributed by atoms with Gasteiger partial charge in [-0.3, -0.25) is 14.7 Å². The van der Waals surface area contributed by atoms with Crippen LogP contribution in [0.5, 0.6) is 11.5 Å². The Balaban J connectivity index is 1.82. The number of benzene rings is 1. The van der Waals surface area contributed by atoms with Gasteiger partial charge >= 0.3 is 0 Å². The number of H-pyrrole nitrogens is 2. The van der Waals surface area contributed by atoms with Crippen LogP contribution in [0.25, 0.3) is 0 Å². The van der Waals surface area contributed by atoms with Gasteiger partial charge in [0.15, 0.2) is 0 Å². The number of ether oxygens (including phenoxy) is 2. The molecule has 1 aliphatic rings. The Labute approximate surface area is 145 Å². The Kier molecular flexibility index (Phi) is 4.32. The van der Waals surface area contributed by atoms with Gasteiger partial charge in [0.2, 0.25) is 5.91 Å². The summed E-state index contributed by atoms with van der Waals surface area (Å²) in [7, 11) is 1.60. The van der Waals surface area contributed by atoms with Crippen molar-refractivity contribution in [3.05, 3.63) is 45.4 Å². The minimum absolute atomic E-state index is 0.0357. The van der Waals surface area contributed by atoms with Gasteiger partial charge in [-0.1, -0.05) is 0 Å². The van der Waals surface area contributed by atoms with Gasteiger partial charge in [0.05, 0.1) is 19.6 Å². The van der Waals surface area contributed by atoms with Crippen LogP contribution in [0.3, 0.4) is 0 Å². The van der Waals surface area contributed by atoms with Crippen LogP contribution in [0.15, 0.2) is 23.0 Å². The molecule has 7 heteroatoms. The van der Waals surface area contributed by atoms with E-state index in [-0.39, 0.29) is 23.9 Å². The molecular weight excluding hydrogens is 322 g/mol. The van der Waals surface area contributed by atoms with E-state index in [9.17, 15) is 9.59 Å². The maximum absolute atomic E-state index is 12.5. The Bertz CT molecular complexity index is 850. The first-order chi connectivity index (χ1) is 11.8. The second-order valence-electron chi connectivity index (χ2n) is 6.95. The highest BCUT2D eigenvalue weighted by Gasteiger charge is 2.35. The summed E-state index contributed by atoms with van der Waals surface area (Å²) in [5, 5.41) is 8.26. The topological polar surface area (TPSA) is 96.2 Å². The molecule has 1 atom stereocenters. The molecule has 1 amide bonds. The van der Waals surface area contributed by atoms with Crippen LogP contribution in [0.4, 0.5) is 0 Å². The molecule has 0 saturated heterocycles. The van der Waals surface area contributed by atoms with E-state index in [1.54, 1.807) is 14.0 Å². The average molecular weight is 345 g/mol. The summed E-state index contributed by atoms with van der Waals surface area (Å²) in [6, 6.07) is 5.40. The molecule has 7 nitrogen and oxygen atoms in total. The molecule has 0 saturated carbocycles. The summed E-state index contributed by atoms with van der Waals surface area (Å²) in [5.74, 6) is 1.21. The van der Waals surface area contributed by atoms with Crippen LogP contribution >= 0.6 is 0 Å². The van der Waals surface area contributed by atoms with E-state index >= 15 is 0 Å². The normalized spacial score (nSPS) is 18.2. The van der Waals surface area contributed by atoms with E-state index in [4.69, 9.17) is 9.47 Å². The number of nitrogens with one attached hydrogen (secondary N) is 3. The molecule has 3 rings (SSSR count). The highest BCUT2D eigenvalue weighted by Crippen LogP contribution is 2.41. The van der Waals surface area contributed by atoms with Crippen molar-refractivity contribution >= 4 is 5.91 Å². The van der Waals surface area contributed by atoms with E-state index in [0.29, 0.717) is 29.2 Å². The summed E-state index contributed by atoms with van der Waals surface area (Å²) in [5.41, 5.74) is 1.37. The smallest absolute Gasteiger partial charge is 0.267 e. The van der Waals surface area contributed by atoms with Crippen LogP contribution < -0.4 is 20.3 Å². The minimum Gasteiger partial charge on any atom is -0.497 e. The quantitative estimate of drug-likeness (QED) is 0.789. The number of fused-ring (bicyclic) bond motifs is 1. The van der Waals surface area contributed by atoms with Crippen molar-refractivity contribution in [3.63, 3.8) is 0 Å². The fourth-order valence-electron chi connectivity index (χ4n) is 3.18. The Morgan fingerprint density at radius 2 is 2.16 bits per heavy atom. The summed E-state index contributed by atoms with van der Waals surface area (Å²) in [6.07, 6.45) is 0.675. The van der Waals surface area contributed by atoms with Crippen LogP contribution in [-0.4, -0.2) is 28.8 Å². The lowest BCUT2D eigenvalue weighted by Crippen LogP contribution is -2.41. The fourth-order valence-corrected chi connectivity index (χ4v) is 3.18. The van der Waals surface area contributed by atoms with Crippen LogP contribution in [0, 0.1) is 6.92 Å². The van der Waals surface area contributed by atoms with Crippen molar-refractivity contribution in [2.24, 2.45) is 0 Å². The SMILES string of the molecule is COc1ccc2c(c1)OC(C)(C)C[C@@H]2NC(=O)Cc1c(C)[nH][nH]c1=O. The molecule has 2 aromatic rings. The third-order valence-electron chi connectivity index (χ3n) is 4.44. The third kappa shape index (κ3) is 3.55. The number of hydrogen-bond acceptors (Lipinski definition) is 4. The molecule has 134 valence electrons. The van der Waals surface area contributed by atoms with Crippen LogP contribution in [0.2, 0.25) is 0 Å². The lowest BCUT2D eigenvalue weighted by atomic mass is 9.89. The third-order valence-corrected chi connectivity index (χ3v) is 4.44. The van der Waals surface area contributed by atoms with Crippen molar-refractivity contribution in [3.8, 4) is 11.5 Å². The van der Waals surface area contributed by atoms with Gasteiger partial charge in [0.25, 0.3) is 5.56 Å². The van der Waals surface area contributed by atoms with Gasteiger partial charge in [0, 0.05) is 29.3 Å².